The highest BCUT2D eigenvalue weighted by molar-refractivity contribution is 6.16. The second kappa shape index (κ2) is 32.7. The van der Waals surface area contributed by atoms with Gasteiger partial charge in [0.25, 0.3) is 22.4 Å². The van der Waals surface area contributed by atoms with Gasteiger partial charge in [-0.3, -0.25) is 29.9 Å². The second-order valence-corrected chi connectivity index (χ2v) is 27.9. The summed E-state index contributed by atoms with van der Waals surface area (Å²) in [5.41, 5.74) is 29.1. The van der Waals surface area contributed by atoms with Gasteiger partial charge in [0.15, 0.2) is 0 Å². The summed E-state index contributed by atoms with van der Waals surface area (Å²) in [5, 5.41) is 41.0. The number of nitrogens with one attached hydrogen (secondary N) is 4. The molecule has 20 nitrogen and oxygen atoms in total. The van der Waals surface area contributed by atoms with E-state index in [1.165, 1.54) is 80.9 Å². The van der Waals surface area contributed by atoms with Gasteiger partial charge in [-0.2, -0.15) is 20.4 Å². The van der Waals surface area contributed by atoms with E-state index in [1.807, 2.05) is 71.6 Å². The lowest BCUT2D eigenvalue weighted by atomic mass is 9.95. The van der Waals surface area contributed by atoms with Crippen LogP contribution in [-0.2, 0) is 0 Å². The average Bonchev–Trinajstić information content (AvgIpc) is 1.24. The number of anilines is 4. The van der Waals surface area contributed by atoms with Gasteiger partial charge in [-0.25, -0.2) is 15.3 Å². The molecule has 0 bridgehead atoms. The van der Waals surface area contributed by atoms with E-state index < -0.39 is 0 Å². The van der Waals surface area contributed by atoms with Gasteiger partial charge in [-0.15, -0.1) is 0 Å². The third-order valence-corrected chi connectivity index (χ3v) is 20.5. The number of hydrogen-bond acceptors (Lipinski definition) is 16. The van der Waals surface area contributed by atoms with Gasteiger partial charge in [0.1, 0.15) is 5.69 Å². The summed E-state index contributed by atoms with van der Waals surface area (Å²) in [5.74, 6) is 0.770. The standard InChI is InChI=1S/C22H25N3.C21H23N3O.C20H21N5O3.C20H22N4O/c1-16-7-5-6-14-25(15-16)19-12-10-18(11-13-19)22-21-9-4-3-8-20(21)17(2)23-24-22;1-15-7-3-2-6-14-24(15)17-12-10-16(11-13-17)20-18-8-4-5-9-19(18)21(25)23-22-20;21-14-5-3-4-10-24(12-14)17-9-8-13(11-18(17)25(27)28)19-15-6-1-2-7-16(15)20(26)23-22-19;21-15-5-3-4-12-24(13-15)16-10-8-14(9-11-16)19-17-6-1-2-7-18(17)20(25)23-22-19/h3-4,8-13,16,23H,2,5-7,14-15H2,1H3;4-5,8-13,15H,2-3,6-7,14H2,1H3,(H,23,25);1-2,6-9,11,14H,3-5,10,12,21H2,(H,23,26);1-2,6-11,15H,3-5,12-13,21H2,(H,23,25). The minimum absolute atomic E-state index is 0.00610. The number of nitro groups is 1. The lowest BCUT2D eigenvalue weighted by Gasteiger charge is -2.29. The second-order valence-electron chi connectivity index (χ2n) is 27.9. The molecule has 103 heavy (non-hydrogen) atoms. The van der Waals surface area contributed by atoms with Gasteiger partial charge in [-0.1, -0.05) is 167 Å². The van der Waals surface area contributed by atoms with Crippen LogP contribution in [0.2, 0.25) is 0 Å². The number of nitrogens with zero attached hydrogens (tertiary/aromatic N) is 9. The number of nitro benzene ring substituents is 1. The number of aromatic amines is 3. The maximum Gasteiger partial charge on any atom is 0.293 e. The summed E-state index contributed by atoms with van der Waals surface area (Å²) in [4.78, 5) is 56.8. The van der Waals surface area contributed by atoms with Gasteiger partial charge in [0.2, 0.25) is 0 Å². The molecule has 3 aromatic heterocycles. The van der Waals surface area contributed by atoms with Crippen molar-refractivity contribution >= 4 is 72.2 Å². The van der Waals surface area contributed by atoms with E-state index in [0.29, 0.717) is 51.1 Å². The summed E-state index contributed by atoms with van der Waals surface area (Å²) in [7, 11) is 0. The summed E-state index contributed by atoms with van der Waals surface area (Å²) in [6, 6.07) is 62.3. The molecule has 4 saturated heterocycles. The largest absolute Gasteiger partial charge is 0.371 e. The van der Waals surface area contributed by atoms with Gasteiger partial charge < -0.3 is 31.1 Å². The first-order valence-corrected chi connectivity index (χ1v) is 36.4. The van der Waals surface area contributed by atoms with E-state index in [4.69, 9.17) is 11.5 Å². The first-order valence-electron chi connectivity index (χ1n) is 36.4. The zero-order valence-electron chi connectivity index (χ0n) is 58.8. The van der Waals surface area contributed by atoms with Crippen molar-refractivity contribution in [2.45, 2.75) is 115 Å². The van der Waals surface area contributed by atoms with Crippen molar-refractivity contribution in [3.05, 3.63) is 253 Å². The Kier molecular flexibility index (Phi) is 22.3. The monoisotopic (exact) mass is 1380 g/mol. The maximum absolute atomic E-state index is 12.0. The van der Waals surface area contributed by atoms with Crippen LogP contribution in [0.4, 0.5) is 28.4 Å². The Labute approximate surface area is 599 Å². The molecule has 528 valence electrons. The number of benzene rings is 8. The molecule has 0 radical (unpaired) electrons. The van der Waals surface area contributed by atoms with Crippen LogP contribution in [0.3, 0.4) is 0 Å². The summed E-state index contributed by atoms with van der Waals surface area (Å²) < 4.78 is 0. The molecule has 8 aromatic carbocycles. The molecule has 4 unspecified atom stereocenters. The number of hydrazone groups is 1. The molecular formula is C83H91N15O5. The summed E-state index contributed by atoms with van der Waals surface area (Å²) in [6.07, 6.45) is 15.5. The molecule has 5 aliphatic rings. The fourth-order valence-corrected chi connectivity index (χ4v) is 15.0. The average molecular weight is 1380 g/mol. The zero-order chi connectivity index (χ0) is 71.3. The maximum atomic E-state index is 12.0. The fourth-order valence-electron chi connectivity index (χ4n) is 15.0. The van der Waals surface area contributed by atoms with Crippen molar-refractivity contribution in [3.63, 3.8) is 0 Å². The highest BCUT2D eigenvalue weighted by Crippen LogP contribution is 2.37. The molecule has 4 fully saturated rings. The molecule has 8 N–H and O–H groups in total. The smallest absolute Gasteiger partial charge is 0.293 e. The van der Waals surface area contributed by atoms with E-state index in [2.05, 4.69) is 167 Å². The molecule has 8 heterocycles. The minimum Gasteiger partial charge on any atom is -0.371 e. The van der Waals surface area contributed by atoms with Crippen LogP contribution < -0.4 is 53.2 Å². The molecule has 4 atom stereocenters. The Morgan fingerprint density at radius 1 is 0.447 bits per heavy atom. The fraction of sp³-hybridized carbons (Fsp3) is 0.313. The third kappa shape index (κ3) is 16.5. The molecule has 5 aliphatic heterocycles. The molecule has 11 aromatic rings. The van der Waals surface area contributed by atoms with Crippen molar-refractivity contribution in [1.82, 2.24) is 36.0 Å². The SMILES string of the molecule is C=C1NN=C(c2ccc(N3CCCCC(C)C3)cc2)c2ccccc21.CC1CCCCCN1c1ccc(-c2n[nH]c(=O)c3ccccc23)cc1.NC1CCCCN(c2ccc(-c3n[nH]c(=O)c4ccccc34)cc2)C1.NC1CCCCN(c2ccc(-c3n[nH]c(=O)c4ccccc34)cc2[N+](=O)[O-])C1. The quantitative estimate of drug-likeness (QED) is 0.0579. The number of fused-ring (bicyclic) bond motifs is 4. The summed E-state index contributed by atoms with van der Waals surface area (Å²) in [6.45, 7) is 15.5. The Balaban J connectivity index is 0.000000122. The Morgan fingerprint density at radius 3 is 1.40 bits per heavy atom. The summed E-state index contributed by atoms with van der Waals surface area (Å²) >= 11 is 0. The van der Waals surface area contributed by atoms with Crippen LogP contribution in [-0.4, -0.2) is 105 Å². The zero-order valence-corrected chi connectivity index (χ0v) is 58.8. The van der Waals surface area contributed by atoms with Gasteiger partial charge in [0, 0.05) is 137 Å². The highest BCUT2D eigenvalue weighted by atomic mass is 16.6. The van der Waals surface area contributed by atoms with Gasteiger partial charge in [0.05, 0.1) is 49.6 Å². The lowest BCUT2D eigenvalue weighted by Crippen LogP contribution is -2.36. The number of aromatic nitrogens is 6. The van der Waals surface area contributed by atoms with Crippen molar-refractivity contribution in [3.8, 4) is 33.8 Å². The predicted molar refractivity (Wildman–Crippen MR) is 419 cm³/mol. The lowest BCUT2D eigenvalue weighted by molar-refractivity contribution is -0.384. The molecule has 0 amide bonds. The van der Waals surface area contributed by atoms with E-state index in [1.54, 1.807) is 24.3 Å². The van der Waals surface area contributed by atoms with Gasteiger partial charge >= 0.3 is 0 Å². The van der Waals surface area contributed by atoms with Crippen molar-refractivity contribution in [1.29, 1.82) is 0 Å². The van der Waals surface area contributed by atoms with Crippen LogP contribution in [0, 0.1) is 16.0 Å². The van der Waals surface area contributed by atoms with Crippen LogP contribution in [0.5, 0.6) is 0 Å². The predicted octanol–water partition coefficient (Wildman–Crippen LogP) is 14.7. The van der Waals surface area contributed by atoms with E-state index in [0.717, 1.165) is 132 Å². The van der Waals surface area contributed by atoms with Crippen LogP contribution in [0.25, 0.3) is 71.8 Å². The number of hydrogen-bond donors (Lipinski definition) is 6. The molecule has 0 saturated carbocycles. The number of rotatable bonds is 9. The van der Waals surface area contributed by atoms with Crippen LogP contribution in [0.15, 0.2) is 214 Å². The van der Waals surface area contributed by atoms with Crippen LogP contribution in [0.1, 0.15) is 114 Å². The first kappa shape index (κ1) is 70.4. The number of H-pyrrole nitrogens is 3. The molecule has 16 rings (SSSR count). The van der Waals surface area contributed by atoms with Crippen molar-refractivity contribution in [2.24, 2.45) is 22.5 Å². The van der Waals surface area contributed by atoms with E-state index in [9.17, 15) is 24.5 Å². The Morgan fingerprint density at radius 2 is 0.864 bits per heavy atom. The molecule has 20 heteroatoms. The topological polar surface area (TPSA) is 270 Å². The normalized spacial score (nSPS) is 18.6. The van der Waals surface area contributed by atoms with Crippen molar-refractivity contribution < 1.29 is 4.92 Å². The van der Waals surface area contributed by atoms with Crippen LogP contribution >= 0.6 is 0 Å². The Hall–Kier alpha value is -11.1. The Bertz CT molecular complexity index is 5020. The van der Waals surface area contributed by atoms with E-state index in [-0.39, 0.29) is 39.4 Å². The highest BCUT2D eigenvalue weighted by Gasteiger charge is 2.26. The minimum atomic E-state index is -0.372. The number of nitrogens with two attached hydrogens (primary N) is 2. The third-order valence-electron chi connectivity index (χ3n) is 20.5. The molecule has 0 spiro atoms. The van der Waals surface area contributed by atoms with Crippen molar-refractivity contribution in [2.75, 3.05) is 65.4 Å². The first-order chi connectivity index (χ1) is 50.2. The molecule has 0 aliphatic carbocycles. The van der Waals surface area contributed by atoms with E-state index >= 15 is 0 Å². The molecular weight excluding hydrogens is 1290 g/mol. The van der Waals surface area contributed by atoms with Gasteiger partial charge in [-0.05, 0) is 125 Å².